The molecule has 0 unspecified atom stereocenters. The first-order valence-electron chi connectivity index (χ1n) is 5.57. The van der Waals surface area contributed by atoms with Gasteiger partial charge in [0, 0.05) is 39.1 Å². The van der Waals surface area contributed by atoms with Gasteiger partial charge in [-0.25, -0.2) is 0 Å². The van der Waals surface area contributed by atoms with Crippen LogP contribution in [0, 0.1) is 0 Å². The van der Waals surface area contributed by atoms with Crippen molar-refractivity contribution >= 4 is 5.91 Å². The lowest BCUT2D eigenvalue weighted by atomic mass is 10.1. The Morgan fingerprint density at radius 1 is 1.67 bits per heavy atom. The number of nitrogens with two attached hydrogens (primary N) is 1. The highest BCUT2D eigenvalue weighted by Gasteiger charge is 2.10. The second kappa shape index (κ2) is 6.58. The van der Waals surface area contributed by atoms with Crippen LogP contribution in [-0.2, 0) is 4.79 Å². The molecule has 1 heterocycles. The van der Waals surface area contributed by atoms with Gasteiger partial charge in [0.25, 0.3) is 0 Å². The van der Waals surface area contributed by atoms with Crippen LogP contribution in [0.3, 0.4) is 0 Å². The van der Waals surface area contributed by atoms with Crippen LogP contribution in [0.4, 0.5) is 0 Å². The van der Waals surface area contributed by atoms with Gasteiger partial charge in [-0.2, -0.15) is 0 Å². The summed E-state index contributed by atoms with van der Waals surface area (Å²) >= 11 is 0. The third-order valence-corrected chi connectivity index (χ3v) is 2.64. The van der Waals surface area contributed by atoms with E-state index in [1.54, 1.807) is 0 Å². The van der Waals surface area contributed by atoms with E-state index in [-0.39, 0.29) is 5.91 Å². The lowest BCUT2D eigenvalue weighted by Gasteiger charge is -2.24. The van der Waals surface area contributed by atoms with Gasteiger partial charge in [-0.05, 0) is 13.3 Å². The Labute approximate surface area is 91.5 Å². The third-order valence-electron chi connectivity index (χ3n) is 2.64. The molecule has 0 aromatic rings. The first-order valence-corrected chi connectivity index (χ1v) is 5.57. The lowest BCUT2D eigenvalue weighted by molar-refractivity contribution is -0.121. The summed E-state index contributed by atoms with van der Waals surface area (Å²) in [5.74, 6) is 0.103. The maximum atomic E-state index is 11.3. The van der Waals surface area contributed by atoms with Crippen molar-refractivity contribution in [1.82, 2.24) is 10.2 Å². The van der Waals surface area contributed by atoms with E-state index >= 15 is 0 Å². The first kappa shape index (κ1) is 12.2. The van der Waals surface area contributed by atoms with Crippen molar-refractivity contribution in [2.24, 2.45) is 5.73 Å². The molecule has 1 aliphatic heterocycles. The van der Waals surface area contributed by atoms with E-state index in [0.717, 1.165) is 26.1 Å². The van der Waals surface area contributed by atoms with Crippen molar-refractivity contribution in [1.29, 1.82) is 0 Å². The van der Waals surface area contributed by atoms with Gasteiger partial charge >= 0.3 is 0 Å². The highest BCUT2D eigenvalue weighted by atomic mass is 16.1. The molecule has 1 rings (SSSR count). The Balaban J connectivity index is 2.12. The van der Waals surface area contributed by atoms with Crippen LogP contribution in [0.1, 0.15) is 19.8 Å². The smallest absolute Gasteiger partial charge is 0.221 e. The van der Waals surface area contributed by atoms with Crippen LogP contribution in [0.15, 0.2) is 11.6 Å². The maximum Gasteiger partial charge on any atom is 0.221 e. The molecule has 0 aromatic heterocycles. The number of hydrogen-bond acceptors (Lipinski definition) is 3. The number of hydrogen-bond donors (Lipinski definition) is 2. The molecular formula is C11H21N3O. The number of nitrogens with zero attached hydrogens (tertiary/aromatic N) is 1. The first-order chi connectivity index (χ1) is 7.22. The second-order valence-electron chi connectivity index (χ2n) is 3.99. The standard InChI is InChI=1S/C11H21N3O/c1-10-2-7-14(8-3-10)9-4-11(15)13-6-5-12/h2H,3-9,12H2,1H3,(H,13,15). The fraction of sp³-hybridized carbons (Fsp3) is 0.727. The number of nitrogens with one attached hydrogen (secondary N) is 1. The average molecular weight is 211 g/mol. The van der Waals surface area contributed by atoms with E-state index < -0.39 is 0 Å². The van der Waals surface area contributed by atoms with Gasteiger partial charge in [0.15, 0.2) is 0 Å². The summed E-state index contributed by atoms with van der Waals surface area (Å²) in [6, 6.07) is 0. The molecule has 86 valence electrons. The Hall–Kier alpha value is -0.870. The minimum Gasteiger partial charge on any atom is -0.355 e. The number of amides is 1. The molecule has 0 spiro atoms. The van der Waals surface area contributed by atoms with E-state index in [9.17, 15) is 4.79 Å². The van der Waals surface area contributed by atoms with Crippen LogP contribution in [0.2, 0.25) is 0 Å². The maximum absolute atomic E-state index is 11.3. The summed E-state index contributed by atoms with van der Waals surface area (Å²) in [5, 5.41) is 2.77. The molecule has 0 radical (unpaired) electrons. The average Bonchev–Trinajstić information content (AvgIpc) is 2.25. The Morgan fingerprint density at radius 3 is 3.07 bits per heavy atom. The summed E-state index contributed by atoms with van der Waals surface area (Å²) in [4.78, 5) is 13.6. The van der Waals surface area contributed by atoms with Gasteiger partial charge in [-0.3, -0.25) is 9.69 Å². The SMILES string of the molecule is CC1=CCN(CCC(=O)NCCN)CC1. The van der Waals surface area contributed by atoms with Gasteiger partial charge in [-0.1, -0.05) is 11.6 Å². The number of carbonyl (C=O) groups excluding carboxylic acids is 1. The minimum atomic E-state index is 0.103. The predicted molar refractivity (Wildman–Crippen MR) is 61.5 cm³/mol. The molecule has 0 atom stereocenters. The minimum absolute atomic E-state index is 0.103. The zero-order chi connectivity index (χ0) is 11.1. The second-order valence-corrected chi connectivity index (χ2v) is 3.99. The summed E-state index contributed by atoms with van der Waals surface area (Å²) in [7, 11) is 0. The van der Waals surface area contributed by atoms with Crippen LogP contribution in [0.5, 0.6) is 0 Å². The summed E-state index contributed by atoms with van der Waals surface area (Å²) in [6.45, 7) is 6.16. The van der Waals surface area contributed by atoms with E-state index in [2.05, 4.69) is 23.2 Å². The molecule has 15 heavy (non-hydrogen) atoms. The van der Waals surface area contributed by atoms with Crippen molar-refractivity contribution in [3.05, 3.63) is 11.6 Å². The molecule has 1 amide bonds. The predicted octanol–water partition coefficient (Wildman–Crippen LogP) is 0.103. The quantitative estimate of drug-likeness (QED) is 0.634. The molecular weight excluding hydrogens is 190 g/mol. The van der Waals surface area contributed by atoms with Crippen molar-refractivity contribution in [2.75, 3.05) is 32.7 Å². The molecule has 0 saturated carbocycles. The Bertz CT molecular complexity index is 238. The Morgan fingerprint density at radius 2 is 2.47 bits per heavy atom. The molecule has 0 bridgehead atoms. The van der Waals surface area contributed by atoms with Crippen LogP contribution < -0.4 is 11.1 Å². The zero-order valence-electron chi connectivity index (χ0n) is 9.46. The van der Waals surface area contributed by atoms with E-state index in [1.165, 1.54) is 5.57 Å². The lowest BCUT2D eigenvalue weighted by Crippen LogP contribution is -2.35. The molecule has 3 N–H and O–H groups in total. The fourth-order valence-corrected chi connectivity index (χ4v) is 1.58. The van der Waals surface area contributed by atoms with Crippen LogP contribution >= 0.6 is 0 Å². The largest absolute Gasteiger partial charge is 0.355 e. The van der Waals surface area contributed by atoms with Crippen molar-refractivity contribution in [2.45, 2.75) is 19.8 Å². The normalized spacial score (nSPS) is 17.3. The molecule has 0 aliphatic carbocycles. The van der Waals surface area contributed by atoms with E-state index in [0.29, 0.717) is 19.5 Å². The van der Waals surface area contributed by atoms with E-state index in [4.69, 9.17) is 5.73 Å². The van der Waals surface area contributed by atoms with Crippen molar-refractivity contribution in [3.8, 4) is 0 Å². The monoisotopic (exact) mass is 211 g/mol. The van der Waals surface area contributed by atoms with Crippen LogP contribution in [-0.4, -0.2) is 43.5 Å². The molecule has 0 aromatic carbocycles. The van der Waals surface area contributed by atoms with Gasteiger partial charge < -0.3 is 11.1 Å². The molecule has 4 heteroatoms. The molecule has 0 saturated heterocycles. The summed E-state index contributed by atoms with van der Waals surface area (Å²) < 4.78 is 0. The number of carbonyl (C=O) groups is 1. The van der Waals surface area contributed by atoms with Crippen molar-refractivity contribution in [3.63, 3.8) is 0 Å². The molecule has 0 fully saturated rings. The molecule has 1 aliphatic rings. The summed E-state index contributed by atoms with van der Waals surface area (Å²) in [6.07, 6.45) is 3.94. The van der Waals surface area contributed by atoms with Gasteiger partial charge in [0.05, 0.1) is 0 Å². The summed E-state index contributed by atoms with van der Waals surface area (Å²) in [5.41, 5.74) is 6.76. The van der Waals surface area contributed by atoms with Gasteiger partial charge in [-0.15, -0.1) is 0 Å². The third kappa shape index (κ3) is 4.95. The molecule has 4 nitrogen and oxygen atoms in total. The van der Waals surface area contributed by atoms with E-state index in [1.807, 2.05) is 0 Å². The highest BCUT2D eigenvalue weighted by molar-refractivity contribution is 5.76. The highest BCUT2D eigenvalue weighted by Crippen LogP contribution is 2.09. The topological polar surface area (TPSA) is 58.4 Å². The van der Waals surface area contributed by atoms with Gasteiger partial charge in [0.1, 0.15) is 0 Å². The van der Waals surface area contributed by atoms with Crippen molar-refractivity contribution < 1.29 is 4.79 Å². The zero-order valence-corrected chi connectivity index (χ0v) is 9.46. The van der Waals surface area contributed by atoms with Gasteiger partial charge in [0.2, 0.25) is 5.91 Å². The van der Waals surface area contributed by atoms with Crippen LogP contribution in [0.25, 0.3) is 0 Å². The Kier molecular flexibility index (Phi) is 5.36. The number of rotatable bonds is 5. The fourth-order valence-electron chi connectivity index (χ4n) is 1.58.